The minimum atomic E-state index is -1.15. The molecule has 0 spiro atoms. The highest BCUT2D eigenvalue weighted by Gasteiger charge is 2.52. The van der Waals surface area contributed by atoms with E-state index in [1.54, 1.807) is 26.0 Å². The summed E-state index contributed by atoms with van der Waals surface area (Å²) in [4.78, 5) is 29.2. The fourth-order valence-electron chi connectivity index (χ4n) is 5.37. The summed E-state index contributed by atoms with van der Waals surface area (Å²) >= 11 is 0. The number of carbonyl (C=O) groups excluding carboxylic acids is 2. The number of carbonyl (C=O) groups is 2. The Labute approximate surface area is 213 Å². The van der Waals surface area contributed by atoms with Gasteiger partial charge in [-0.3, -0.25) is 9.59 Å². The average Bonchev–Trinajstić information content (AvgIpc) is 2.92. The smallest absolute Gasteiger partial charge is 0.243 e. The van der Waals surface area contributed by atoms with E-state index in [4.69, 9.17) is 15.2 Å². The van der Waals surface area contributed by atoms with Crippen LogP contribution in [0.1, 0.15) is 42.9 Å². The van der Waals surface area contributed by atoms with E-state index < -0.39 is 16.9 Å². The Balaban J connectivity index is 1.71. The lowest BCUT2D eigenvalue weighted by molar-refractivity contribution is -0.152. The van der Waals surface area contributed by atoms with E-state index in [-0.39, 0.29) is 5.91 Å². The number of benzene rings is 3. The molecule has 0 aromatic heterocycles. The summed E-state index contributed by atoms with van der Waals surface area (Å²) in [5, 5.41) is 0. The monoisotopic (exact) mass is 486 g/mol. The summed E-state index contributed by atoms with van der Waals surface area (Å²) in [7, 11) is 3.18. The summed E-state index contributed by atoms with van der Waals surface area (Å²) in [5.41, 5.74) is 6.82. The van der Waals surface area contributed by atoms with E-state index in [0.29, 0.717) is 37.3 Å². The summed E-state index contributed by atoms with van der Waals surface area (Å²) in [6, 6.07) is 25.4. The SMILES string of the molecule is COc1ccc(CCC(C)(C(N)=O)N2CCCC(c3ccccc3)(c3ccccc3)C2=O)cc1OC. The molecule has 2 amide bonds. The van der Waals surface area contributed by atoms with Crippen molar-refractivity contribution < 1.29 is 19.1 Å². The summed E-state index contributed by atoms with van der Waals surface area (Å²) in [6.45, 7) is 2.27. The molecule has 1 heterocycles. The summed E-state index contributed by atoms with van der Waals surface area (Å²) in [6.07, 6.45) is 2.37. The number of rotatable bonds is 9. The van der Waals surface area contributed by atoms with Crippen LogP contribution in [-0.4, -0.2) is 43.0 Å². The van der Waals surface area contributed by atoms with Crippen molar-refractivity contribution in [3.05, 3.63) is 95.6 Å². The molecule has 1 unspecified atom stereocenters. The topological polar surface area (TPSA) is 81.9 Å². The van der Waals surface area contributed by atoms with E-state index in [2.05, 4.69) is 0 Å². The number of amides is 2. The fraction of sp³-hybridized carbons (Fsp3) is 0.333. The van der Waals surface area contributed by atoms with Crippen molar-refractivity contribution in [3.8, 4) is 11.5 Å². The number of nitrogens with two attached hydrogens (primary N) is 1. The fourth-order valence-corrected chi connectivity index (χ4v) is 5.37. The van der Waals surface area contributed by atoms with Gasteiger partial charge in [0.1, 0.15) is 5.54 Å². The molecule has 0 saturated carbocycles. The molecule has 1 aliphatic rings. The van der Waals surface area contributed by atoms with E-state index >= 15 is 0 Å². The van der Waals surface area contributed by atoms with Gasteiger partial charge in [0.25, 0.3) is 0 Å². The van der Waals surface area contributed by atoms with Crippen LogP contribution >= 0.6 is 0 Å². The standard InChI is InChI=1S/C30H34N2O4/c1-29(27(31)33,19-17-22-15-16-25(35-2)26(21-22)36-3)32-20-10-18-30(28(32)34,23-11-6-4-7-12-23)24-13-8-5-9-14-24/h4-9,11-16,21H,10,17-20H2,1-3H3,(H2,31,33). The highest BCUT2D eigenvalue weighted by Crippen LogP contribution is 2.44. The third-order valence-corrected chi connectivity index (χ3v) is 7.55. The Morgan fingerprint density at radius 3 is 2.06 bits per heavy atom. The molecule has 6 nitrogen and oxygen atoms in total. The van der Waals surface area contributed by atoms with Gasteiger partial charge in [0, 0.05) is 6.54 Å². The van der Waals surface area contributed by atoms with Gasteiger partial charge in [-0.25, -0.2) is 0 Å². The Kier molecular flexibility index (Phi) is 7.34. The van der Waals surface area contributed by atoms with Crippen molar-refractivity contribution in [1.29, 1.82) is 0 Å². The molecule has 36 heavy (non-hydrogen) atoms. The van der Waals surface area contributed by atoms with Gasteiger partial charge >= 0.3 is 0 Å². The van der Waals surface area contributed by atoms with Crippen LogP contribution in [0.25, 0.3) is 0 Å². The number of piperidine rings is 1. The Hall–Kier alpha value is -3.80. The third-order valence-electron chi connectivity index (χ3n) is 7.55. The first-order valence-electron chi connectivity index (χ1n) is 12.3. The first-order valence-corrected chi connectivity index (χ1v) is 12.3. The number of ether oxygens (including phenoxy) is 2. The van der Waals surface area contributed by atoms with Gasteiger partial charge in [-0.1, -0.05) is 66.7 Å². The van der Waals surface area contributed by atoms with Crippen molar-refractivity contribution in [2.75, 3.05) is 20.8 Å². The second kappa shape index (κ2) is 10.4. The van der Waals surface area contributed by atoms with Crippen LogP contribution in [0.3, 0.4) is 0 Å². The maximum atomic E-state index is 14.5. The molecule has 0 aliphatic carbocycles. The quantitative estimate of drug-likeness (QED) is 0.483. The molecule has 1 fully saturated rings. The van der Waals surface area contributed by atoms with Crippen molar-refractivity contribution in [3.63, 3.8) is 0 Å². The van der Waals surface area contributed by atoms with Gasteiger partial charge < -0.3 is 20.1 Å². The van der Waals surface area contributed by atoms with Crippen LogP contribution in [0.5, 0.6) is 11.5 Å². The maximum absolute atomic E-state index is 14.5. The lowest BCUT2D eigenvalue weighted by Gasteiger charge is -2.49. The van der Waals surface area contributed by atoms with Gasteiger partial charge in [-0.05, 0) is 61.4 Å². The number of nitrogens with zero attached hydrogens (tertiary/aromatic N) is 1. The molecule has 3 aromatic carbocycles. The third kappa shape index (κ3) is 4.43. The zero-order valence-corrected chi connectivity index (χ0v) is 21.2. The average molecular weight is 487 g/mol. The highest BCUT2D eigenvalue weighted by molar-refractivity contribution is 5.97. The molecule has 3 aromatic rings. The number of methoxy groups -OCH3 is 2. The second-order valence-electron chi connectivity index (χ2n) is 9.53. The van der Waals surface area contributed by atoms with Gasteiger partial charge in [-0.15, -0.1) is 0 Å². The lowest BCUT2D eigenvalue weighted by Crippen LogP contribution is -2.64. The van der Waals surface area contributed by atoms with Gasteiger partial charge in [0.15, 0.2) is 11.5 Å². The van der Waals surface area contributed by atoms with Crippen LogP contribution < -0.4 is 15.2 Å². The second-order valence-corrected chi connectivity index (χ2v) is 9.53. The molecular formula is C30H34N2O4. The number of hydrogen-bond acceptors (Lipinski definition) is 4. The molecule has 1 atom stereocenters. The van der Waals surface area contributed by atoms with Crippen LogP contribution in [0, 0.1) is 0 Å². The van der Waals surface area contributed by atoms with E-state index in [1.807, 2.05) is 78.9 Å². The molecule has 4 rings (SSSR count). The molecule has 1 aliphatic heterocycles. The van der Waals surface area contributed by atoms with Crippen molar-refractivity contribution in [1.82, 2.24) is 4.90 Å². The predicted molar refractivity (Wildman–Crippen MR) is 140 cm³/mol. The Morgan fingerprint density at radius 2 is 1.53 bits per heavy atom. The van der Waals surface area contributed by atoms with Gasteiger partial charge in [-0.2, -0.15) is 0 Å². The summed E-state index contributed by atoms with van der Waals surface area (Å²) < 4.78 is 10.8. The number of hydrogen-bond donors (Lipinski definition) is 1. The molecule has 0 radical (unpaired) electrons. The first kappa shape index (κ1) is 25.3. The molecule has 2 N–H and O–H groups in total. The van der Waals surface area contributed by atoms with Gasteiger partial charge in [0.2, 0.25) is 11.8 Å². The first-order chi connectivity index (χ1) is 17.4. The molecule has 0 bridgehead atoms. The largest absolute Gasteiger partial charge is 0.493 e. The zero-order valence-electron chi connectivity index (χ0n) is 21.2. The van der Waals surface area contributed by atoms with Crippen molar-refractivity contribution in [2.45, 2.75) is 43.6 Å². The van der Waals surface area contributed by atoms with E-state index in [1.165, 1.54) is 0 Å². The van der Waals surface area contributed by atoms with Crippen LogP contribution in [0.15, 0.2) is 78.9 Å². The minimum absolute atomic E-state index is 0.0836. The Morgan fingerprint density at radius 1 is 0.944 bits per heavy atom. The Bertz CT molecular complexity index is 1170. The van der Waals surface area contributed by atoms with Crippen LogP contribution in [-0.2, 0) is 21.4 Å². The van der Waals surface area contributed by atoms with E-state index in [9.17, 15) is 9.59 Å². The normalized spacial score (nSPS) is 16.8. The minimum Gasteiger partial charge on any atom is -0.493 e. The van der Waals surface area contributed by atoms with Crippen molar-refractivity contribution in [2.24, 2.45) is 5.73 Å². The summed E-state index contributed by atoms with van der Waals surface area (Å²) in [5.74, 6) is 0.672. The highest BCUT2D eigenvalue weighted by atomic mass is 16.5. The number of likely N-dealkylation sites (tertiary alicyclic amines) is 1. The number of aryl methyl sites for hydroxylation is 1. The molecular weight excluding hydrogens is 452 g/mol. The van der Waals surface area contributed by atoms with Gasteiger partial charge in [0.05, 0.1) is 19.6 Å². The maximum Gasteiger partial charge on any atom is 0.243 e. The zero-order chi connectivity index (χ0) is 25.8. The molecule has 1 saturated heterocycles. The molecule has 188 valence electrons. The van der Waals surface area contributed by atoms with E-state index in [0.717, 1.165) is 23.1 Å². The molecule has 6 heteroatoms. The van der Waals surface area contributed by atoms with Crippen LogP contribution in [0.2, 0.25) is 0 Å². The van der Waals surface area contributed by atoms with Crippen LogP contribution in [0.4, 0.5) is 0 Å². The van der Waals surface area contributed by atoms with Crippen molar-refractivity contribution >= 4 is 11.8 Å². The number of primary amides is 1. The lowest BCUT2D eigenvalue weighted by atomic mass is 9.67. The predicted octanol–water partition coefficient (Wildman–Crippen LogP) is 4.49.